The van der Waals surface area contributed by atoms with Gasteiger partial charge >= 0.3 is 0 Å². The summed E-state index contributed by atoms with van der Waals surface area (Å²) in [6, 6.07) is 0. The van der Waals surface area contributed by atoms with Gasteiger partial charge in [-0.2, -0.15) is 0 Å². The molecular formula is C13H21N3O. The van der Waals surface area contributed by atoms with Gasteiger partial charge in [-0.25, -0.2) is 4.98 Å². The maximum atomic E-state index is 5.65. The van der Waals surface area contributed by atoms with Crippen molar-refractivity contribution in [2.75, 3.05) is 6.54 Å². The van der Waals surface area contributed by atoms with E-state index in [1.165, 1.54) is 6.42 Å². The highest BCUT2D eigenvalue weighted by Gasteiger charge is 2.19. The van der Waals surface area contributed by atoms with Crippen molar-refractivity contribution in [1.82, 2.24) is 15.3 Å². The average molecular weight is 235 g/mol. The summed E-state index contributed by atoms with van der Waals surface area (Å²) in [6.07, 6.45) is 7.47. The van der Waals surface area contributed by atoms with Gasteiger partial charge in [0.15, 0.2) is 0 Å². The van der Waals surface area contributed by atoms with Crippen molar-refractivity contribution in [1.29, 1.82) is 0 Å². The third-order valence-corrected chi connectivity index (χ3v) is 2.88. The summed E-state index contributed by atoms with van der Waals surface area (Å²) in [7, 11) is 0. The van der Waals surface area contributed by atoms with Crippen LogP contribution in [0.5, 0.6) is 5.88 Å². The van der Waals surface area contributed by atoms with Crippen molar-refractivity contribution in [3.05, 3.63) is 18.1 Å². The van der Waals surface area contributed by atoms with E-state index in [0.717, 1.165) is 31.6 Å². The van der Waals surface area contributed by atoms with Crippen LogP contribution in [-0.4, -0.2) is 22.6 Å². The van der Waals surface area contributed by atoms with Crippen LogP contribution >= 0.6 is 0 Å². The molecule has 1 heterocycles. The minimum atomic E-state index is 0.370. The molecule has 1 N–H and O–H groups in total. The van der Waals surface area contributed by atoms with Crippen LogP contribution in [0.4, 0.5) is 0 Å². The summed E-state index contributed by atoms with van der Waals surface area (Å²) in [5, 5.41) is 3.34. The molecule has 0 saturated heterocycles. The van der Waals surface area contributed by atoms with E-state index in [1.807, 2.05) is 0 Å². The van der Waals surface area contributed by atoms with Crippen LogP contribution in [0, 0.1) is 5.92 Å². The Kier molecular flexibility index (Phi) is 4.31. The lowest BCUT2D eigenvalue weighted by Crippen LogP contribution is -2.25. The molecule has 0 aliphatic heterocycles. The van der Waals surface area contributed by atoms with Crippen molar-refractivity contribution in [2.45, 2.75) is 45.8 Å². The normalized spacial score (nSPS) is 15.9. The largest absolute Gasteiger partial charge is 0.473 e. The summed E-state index contributed by atoms with van der Waals surface area (Å²) in [4.78, 5) is 8.61. The molecule has 1 aliphatic rings. The van der Waals surface area contributed by atoms with Gasteiger partial charge in [-0.1, -0.05) is 13.8 Å². The minimum absolute atomic E-state index is 0.370. The van der Waals surface area contributed by atoms with Crippen LogP contribution in [0.1, 0.15) is 38.8 Å². The first-order chi connectivity index (χ1) is 8.24. The maximum absolute atomic E-state index is 5.65. The Hall–Kier alpha value is -1.16. The Morgan fingerprint density at radius 2 is 2.18 bits per heavy atom. The van der Waals surface area contributed by atoms with Crippen molar-refractivity contribution in [3.8, 4) is 5.88 Å². The Morgan fingerprint density at radius 1 is 1.35 bits per heavy atom. The number of rotatable bonds is 6. The molecule has 1 aliphatic carbocycles. The van der Waals surface area contributed by atoms with Crippen molar-refractivity contribution in [3.63, 3.8) is 0 Å². The van der Waals surface area contributed by atoms with E-state index in [1.54, 1.807) is 12.4 Å². The number of aromatic nitrogens is 2. The van der Waals surface area contributed by atoms with E-state index in [-0.39, 0.29) is 0 Å². The van der Waals surface area contributed by atoms with Crippen LogP contribution in [-0.2, 0) is 6.54 Å². The molecule has 2 rings (SSSR count). The van der Waals surface area contributed by atoms with E-state index in [2.05, 4.69) is 29.1 Å². The fraction of sp³-hybridized carbons (Fsp3) is 0.692. The van der Waals surface area contributed by atoms with E-state index in [0.29, 0.717) is 17.9 Å². The summed E-state index contributed by atoms with van der Waals surface area (Å²) >= 11 is 0. The lowest BCUT2D eigenvalue weighted by Gasteiger charge is -2.25. The third-order valence-electron chi connectivity index (χ3n) is 2.88. The third kappa shape index (κ3) is 3.97. The molecule has 0 bridgehead atoms. The number of ether oxygens (including phenoxy) is 1. The predicted octanol–water partition coefficient (Wildman–Crippen LogP) is 2.15. The van der Waals surface area contributed by atoms with Gasteiger partial charge in [-0.15, -0.1) is 0 Å². The Morgan fingerprint density at radius 3 is 2.71 bits per heavy atom. The van der Waals surface area contributed by atoms with E-state index < -0.39 is 0 Å². The number of nitrogens with one attached hydrogen (secondary N) is 1. The fourth-order valence-corrected chi connectivity index (χ4v) is 1.64. The first kappa shape index (κ1) is 12.3. The molecule has 17 heavy (non-hydrogen) atoms. The standard InChI is InChI=1S/C13H21N3O/c1-10(2)6-14-7-11-8-16-13(9-15-11)17-12-4-3-5-12/h8-10,12,14H,3-7H2,1-2H3. The molecule has 0 radical (unpaired) electrons. The lowest BCUT2D eigenvalue weighted by atomic mass is 9.96. The van der Waals surface area contributed by atoms with Crippen molar-refractivity contribution < 1.29 is 4.74 Å². The molecule has 1 aromatic rings. The molecule has 0 spiro atoms. The van der Waals surface area contributed by atoms with Crippen LogP contribution in [0.15, 0.2) is 12.4 Å². The van der Waals surface area contributed by atoms with Gasteiger partial charge in [0.05, 0.1) is 18.1 Å². The molecule has 1 fully saturated rings. The second-order valence-electron chi connectivity index (χ2n) is 5.04. The maximum Gasteiger partial charge on any atom is 0.232 e. The topological polar surface area (TPSA) is 47.0 Å². The first-order valence-corrected chi connectivity index (χ1v) is 6.42. The number of hydrogen-bond acceptors (Lipinski definition) is 4. The minimum Gasteiger partial charge on any atom is -0.473 e. The van der Waals surface area contributed by atoms with Crippen LogP contribution in [0.3, 0.4) is 0 Å². The smallest absolute Gasteiger partial charge is 0.232 e. The summed E-state index contributed by atoms with van der Waals surface area (Å²) in [5.41, 5.74) is 0.964. The van der Waals surface area contributed by atoms with E-state index in [9.17, 15) is 0 Å². The molecule has 0 amide bonds. The van der Waals surface area contributed by atoms with Crippen molar-refractivity contribution in [2.24, 2.45) is 5.92 Å². The van der Waals surface area contributed by atoms with Gasteiger partial charge in [0.25, 0.3) is 0 Å². The quantitative estimate of drug-likeness (QED) is 0.820. The zero-order valence-corrected chi connectivity index (χ0v) is 10.6. The van der Waals surface area contributed by atoms with Gasteiger partial charge in [0.2, 0.25) is 5.88 Å². The fourth-order valence-electron chi connectivity index (χ4n) is 1.64. The molecule has 1 aromatic heterocycles. The lowest BCUT2D eigenvalue weighted by molar-refractivity contribution is 0.114. The zero-order chi connectivity index (χ0) is 12.1. The Bertz CT molecular complexity index is 333. The molecular weight excluding hydrogens is 214 g/mol. The Balaban J connectivity index is 1.76. The monoisotopic (exact) mass is 235 g/mol. The van der Waals surface area contributed by atoms with Crippen molar-refractivity contribution >= 4 is 0 Å². The van der Waals surface area contributed by atoms with Crippen LogP contribution in [0.2, 0.25) is 0 Å². The second-order valence-corrected chi connectivity index (χ2v) is 5.04. The van der Waals surface area contributed by atoms with Gasteiger partial charge in [-0.05, 0) is 31.7 Å². The highest BCUT2D eigenvalue weighted by Crippen LogP contribution is 2.23. The summed E-state index contributed by atoms with van der Waals surface area (Å²) in [5.74, 6) is 1.31. The van der Waals surface area contributed by atoms with Gasteiger partial charge in [-0.3, -0.25) is 4.98 Å². The Labute approximate surface area is 103 Å². The zero-order valence-electron chi connectivity index (χ0n) is 10.6. The molecule has 94 valence electrons. The molecule has 0 unspecified atom stereocenters. The number of hydrogen-bond donors (Lipinski definition) is 1. The average Bonchev–Trinajstić information content (AvgIpc) is 2.25. The van der Waals surface area contributed by atoms with E-state index >= 15 is 0 Å². The van der Waals surface area contributed by atoms with E-state index in [4.69, 9.17) is 4.74 Å². The first-order valence-electron chi connectivity index (χ1n) is 6.42. The molecule has 0 atom stereocenters. The summed E-state index contributed by atoms with van der Waals surface area (Å²) in [6.45, 7) is 6.15. The number of nitrogens with zero attached hydrogens (tertiary/aromatic N) is 2. The second kappa shape index (κ2) is 5.96. The van der Waals surface area contributed by atoms with Crippen LogP contribution in [0.25, 0.3) is 0 Å². The highest BCUT2D eigenvalue weighted by molar-refractivity contribution is 5.08. The van der Waals surface area contributed by atoms with Gasteiger partial charge < -0.3 is 10.1 Å². The van der Waals surface area contributed by atoms with Gasteiger partial charge in [0.1, 0.15) is 6.10 Å². The SMILES string of the molecule is CC(C)CNCc1cnc(OC2CCC2)cn1. The highest BCUT2D eigenvalue weighted by atomic mass is 16.5. The van der Waals surface area contributed by atoms with Gasteiger partial charge in [0, 0.05) is 6.54 Å². The molecule has 1 saturated carbocycles. The molecule has 4 nitrogen and oxygen atoms in total. The molecule has 4 heteroatoms. The van der Waals surface area contributed by atoms with Crippen LogP contribution < -0.4 is 10.1 Å². The molecule has 0 aromatic carbocycles. The summed E-state index contributed by atoms with van der Waals surface area (Å²) < 4.78 is 5.65. The predicted molar refractivity (Wildman–Crippen MR) is 66.8 cm³/mol.